The number of hydrogen-bond acceptors (Lipinski definition) is 4. The van der Waals surface area contributed by atoms with Crippen LogP contribution in [-0.4, -0.2) is 24.6 Å². The van der Waals surface area contributed by atoms with E-state index >= 15 is 0 Å². The average Bonchev–Trinajstić information content (AvgIpc) is 2.58. The van der Waals surface area contributed by atoms with Crippen LogP contribution < -0.4 is 9.47 Å². The third-order valence-corrected chi connectivity index (χ3v) is 3.37. The highest BCUT2D eigenvalue weighted by Gasteiger charge is 2.15. The quantitative estimate of drug-likeness (QED) is 0.472. The first-order valence-electron chi connectivity index (χ1n) is 7.49. The molecule has 0 heterocycles. The van der Waals surface area contributed by atoms with Gasteiger partial charge in [0.2, 0.25) is 0 Å². The number of allylic oxidation sites excluding steroid dienone is 1. The number of aromatic hydroxyl groups is 1. The minimum absolute atomic E-state index is 0.0883. The zero-order chi connectivity index (χ0) is 17.5. The summed E-state index contributed by atoms with van der Waals surface area (Å²) in [7, 11) is 1.47. The SMILES string of the molecule is C=CCOc1ccc(/C=C/C(=O)c2c(O)cc(C)cc2OC)cc1. The van der Waals surface area contributed by atoms with Crippen LogP contribution >= 0.6 is 0 Å². The Morgan fingerprint density at radius 1 is 1.25 bits per heavy atom. The Balaban J connectivity index is 2.17. The first-order valence-corrected chi connectivity index (χ1v) is 7.49. The Labute approximate surface area is 141 Å². The van der Waals surface area contributed by atoms with Crippen LogP contribution in [0.3, 0.4) is 0 Å². The molecule has 0 amide bonds. The van der Waals surface area contributed by atoms with Crippen molar-refractivity contribution in [1.29, 1.82) is 0 Å². The van der Waals surface area contributed by atoms with Crippen LogP contribution in [0.2, 0.25) is 0 Å². The molecule has 0 saturated heterocycles. The number of aryl methyl sites for hydroxylation is 1. The summed E-state index contributed by atoms with van der Waals surface area (Å²) in [5.74, 6) is 0.678. The standard InChI is InChI=1S/C20H20O4/c1-4-11-24-16-8-5-15(6-9-16)7-10-17(21)20-18(22)12-14(2)13-19(20)23-3/h4-10,12-13,22H,1,11H2,2-3H3/b10-7+. The third kappa shape index (κ3) is 4.26. The molecular weight excluding hydrogens is 304 g/mol. The minimum Gasteiger partial charge on any atom is -0.507 e. The van der Waals surface area contributed by atoms with Crippen LogP contribution in [0.25, 0.3) is 6.08 Å². The Kier molecular flexibility index (Phi) is 5.79. The monoisotopic (exact) mass is 324 g/mol. The molecular formula is C20H20O4. The number of carbonyl (C=O) groups excluding carboxylic acids is 1. The van der Waals surface area contributed by atoms with Crippen molar-refractivity contribution < 1.29 is 19.4 Å². The number of carbonyl (C=O) groups is 1. The van der Waals surface area contributed by atoms with Crippen molar-refractivity contribution in [3.05, 3.63) is 71.8 Å². The Bertz CT molecular complexity index is 758. The number of methoxy groups -OCH3 is 1. The molecule has 0 unspecified atom stereocenters. The third-order valence-electron chi connectivity index (χ3n) is 3.37. The second kappa shape index (κ2) is 8.02. The molecule has 0 aliphatic heterocycles. The van der Waals surface area contributed by atoms with Crippen molar-refractivity contribution in [3.8, 4) is 17.2 Å². The summed E-state index contributed by atoms with van der Waals surface area (Å²) in [5.41, 5.74) is 1.82. The van der Waals surface area contributed by atoms with Crippen LogP contribution in [0.4, 0.5) is 0 Å². The largest absolute Gasteiger partial charge is 0.507 e. The highest BCUT2D eigenvalue weighted by atomic mass is 16.5. The van der Waals surface area contributed by atoms with Gasteiger partial charge >= 0.3 is 0 Å². The predicted octanol–water partition coefficient (Wildman–Crippen LogP) is 4.17. The summed E-state index contributed by atoms with van der Waals surface area (Å²) in [5, 5.41) is 10.0. The van der Waals surface area contributed by atoms with Crippen molar-refractivity contribution in [2.75, 3.05) is 13.7 Å². The van der Waals surface area contributed by atoms with E-state index in [-0.39, 0.29) is 17.1 Å². The molecule has 0 bridgehead atoms. The van der Waals surface area contributed by atoms with Crippen LogP contribution in [0, 0.1) is 6.92 Å². The highest BCUT2D eigenvalue weighted by molar-refractivity contribution is 6.10. The molecule has 24 heavy (non-hydrogen) atoms. The van der Waals surface area contributed by atoms with Gasteiger partial charge in [-0.05, 0) is 48.4 Å². The Hall–Kier alpha value is -3.01. The van der Waals surface area contributed by atoms with E-state index in [0.29, 0.717) is 12.4 Å². The van der Waals surface area contributed by atoms with E-state index in [2.05, 4.69) is 6.58 Å². The fourth-order valence-corrected chi connectivity index (χ4v) is 2.23. The number of phenols is 1. The zero-order valence-electron chi connectivity index (χ0n) is 13.8. The smallest absolute Gasteiger partial charge is 0.193 e. The fraction of sp³-hybridized carbons (Fsp3) is 0.150. The van der Waals surface area contributed by atoms with Gasteiger partial charge in [0, 0.05) is 0 Å². The first-order chi connectivity index (χ1) is 11.5. The molecule has 0 spiro atoms. The molecule has 0 aliphatic carbocycles. The van der Waals surface area contributed by atoms with Gasteiger partial charge in [-0.3, -0.25) is 4.79 Å². The predicted molar refractivity (Wildman–Crippen MR) is 94.9 cm³/mol. The molecule has 0 fully saturated rings. The molecule has 0 atom stereocenters. The molecule has 4 nitrogen and oxygen atoms in total. The fourth-order valence-electron chi connectivity index (χ4n) is 2.23. The second-order valence-corrected chi connectivity index (χ2v) is 5.23. The number of phenolic OH excluding ortho intramolecular Hbond substituents is 1. The maximum atomic E-state index is 12.4. The molecule has 0 saturated carbocycles. The summed E-state index contributed by atoms with van der Waals surface area (Å²) in [6.07, 6.45) is 4.76. The van der Waals surface area contributed by atoms with Crippen molar-refractivity contribution in [1.82, 2.24) is 0 Å². The van der Waals surface area contributed by atoms with E-state index in [1.165, 1.54) is 19.3 Å². The molecule has 4 heteroatoms. The number of ether oxygens (including phenoxy) is 2. The van der Waals surface area contributed by atoms with Crippen molar-refractivity contribution in [2.24, 2.45) is 0 Å². The van der Waals surface area contributed by atoms with Gasteiger partial charge < -0.3 is 14.6 Å². The number of ketones is 1. The maximum absolute atomic E-state index is 12.4. The minimum atomic E-state index is -0.323. The lowest BCUT2D eigenvalue weighted by Gasteiger charge is -2.09. The van der Waals surface area contributed by atoms with E-state index in [0.717, 1.165) is 16.9 Å². The summed E-state index contributed by atoms with van der Waals surface area (Å²) in [6, 6.07) is 10.6. The van der Waals surface area contributed by atoms with Gasteiger partial charge in [0.1, 0.15) is 29.4 Å². The molecule has 0 aliphatic rings. The first kappa shape index (κ1) is 17.3. The maximum Gasteiger partial charge on any atom is 0.193 e. The van der Waals surface area contributed by atoms with Crippen LogP contribution in [0.1, 0.15) is 21.5 Å². The van der Waals surface area contributed by atoms with E-state index in [4.69, 9.17) is 9.47 Å². The summed E-state index contributed by atoms with van der Waals surface area (Å²) < 4.78 is 10.6. The molecule has 0 aromatic heterocycles. The molecule has 2 aromatic carbocycles. The van der Waals surface area contributed by atoms with Gasteiger partial charge in [-0.2, -0.15) is 0 Å². The van der Waals surface area contributed by atoms with Gasteiger partial charge in [0.15, 0.2) is 5.78 Å². The van der Waals surface area contributed by atoms with Crippen molar-refractivity contribution in [3.63, 3.8) is 0 Å². The molecule has 2 aromatic rings. The Morgan fingerprint density at radius 2 is 1.96 bits per heavy atom. The summed E-state index contributed by atoms with van der Waals surface area (Å²) in [6.45, 7) is 5.86. The van der Waals surface area contributed by atoms with E-state index in [1.807, 2.05) is 31.2 Å². The number of benzene rings is 2. The van der Waals surface area contributed by atoms with Gasteiger partial charge in [0.25, 0.3) is 0 Å². The molecule has 2 rings (SSSR count). The van der Waals surface area contributed by atoms with Gasteiger partial charge in [-0.15, -0.1) is 0 Å². The van der Waals surface area contributed by atoms with E-state index in [9.17, 15) is 9.90 Å². The van der Waals surface area contributed by atoms with Gasteiger partial charge in [-0.1, -0.05) is 30.9 Å². The second-order valence-electron chi connectivity index (χ2n) is 5.23. The normalized spacial score (nSPS) is 10.6. The highest BCUT2D eigenvalue weighted by Crippen LogP contribution is 2.30. The van der Waals surface area contributed by atoms with Gasteiger partial charge in [-0.25, -0.2) is 0 Å². The zero-order valence-corrected chi connectivity index (χ0v) is 13.8. The lowest BCUT2D eigenvalue weighted by molar-refractivity contribution is 0.104. The molecule has 124 valence electrons. The number of rotatable bonds is 7. The lowest BCUT2D eigenvalue weighted by Crippen LogP contribution is -2.00. The lowest BCUT2D eigenvalue weighted by atomic mass is 10.0. The van der Waals surface area contributed by atoms with Crippen LogP contribution in [0.5, 0.6) is 17.2 Å². The van der Waals surface area contributed by atoms with E-state index in [1.54, 1.807) is 18.2 Å². The number of hydrogen-bond donors (Lipinski definition) is 1. The average molecular weight is 324 g/mol. The summed E-state index contributed by atoms with van der Waals surface area (Å²) >= 11 is 0. The topological polar surface area (TPSA) is 55.8 Å². The molecule has 1 N–H and O–H groups in total. The van der Waals surface area contributed by atoms with Crippen molar-refractivity contribution >= 4 is 11.9 Å². The van der Waals surface area contributed by atoms with Gasteiger partial charge in [0.05, 0.1) is 7.11 Å². The van der Waals surface area contributed by atoms with Crippen LogP contribution in [0.15, 0.2) is 55.1 Å². The summed E-state index contributed by atoms with van der Waals surface area (Å²) in [4.78, 5) is 12.4. The van der Waals surface area contributed by atoms with E-state index < -0.39 is 0 Å². The molecule has 0 radical (unpaired) electrons. The Morgan fingerprint density at radius 3 is 2.58 bits per heavy atom. The van der Waals surface area contributed by atoms with Crippen molar-refractivity contribution in [2.45, 2.75) is 6.92 Å². The van der Waals surface area contributed by atoms with Crippen LogP contribution in [-0.2, 0) is 0 Å².